The van der Waals surface area contributed by atoms with Crippen molar-refractivity contribution in [1.82, 2.24) is 0 Å². The third kappa shape index (κ3) is 3.20. The van der Waals surface area contributed by atoms with E-state index in [-0.39, 0.29) is 6.61 Å². The lowest BCUT2D eigenvalue weighted by atomic mass is 10.2. The average molecular weight is 353 g/mol. The fourth-order valence-corrected chi connectivity index (χ4v) is 2.52. The minimum atomic E-state index is -0.715. The molecule has 0 fully saturated rings. The summed E-state index contributed by atoms with van der Waals surface area (Å²) in [6.45, 7) is 1.50. The van der Waals surface area contributed by atoms with Crippen LogP contribution in [-0.4, -0.2) is 17.1 Å². The number of carbonyl (C=O) groups is 1. The van der Waals surface area contributed by atoms with E-state index in [1.165, 1.54) is 0 Å². The van der Waals surface area contributed by atoms with Crippen LogP contribution in [0.4, 0.5) is 0 Å². The van der Waals surface area contributed by atoms with Gasteiger partial charge < -0.3 is 15.6 Å². The van der Waals surface area contributed by atoms with Gasteiger partial charge >= 0.3 is 0 Å². The number of benzene rings is 1. The molecule has 1 aromatic carbocycles. The van der Waals surface area contributed by atoms with Crippen molar-refractivity contribution < 1.29 is 14.6 Å². The number of ether oxygens (including phenoxy) is 1. The quantitative estimate of drug-likeness (QED) is 0.869. The number of hydrogen-bond donors (Lipinski definition) is 2. The molecule has 1 rings (SSSR count). The summed E-state index contributed by atoms with van der Waals surface area (Å²) in [5.41, 5.74) is 5.84. The first kappa shape index (κ1) is 13.5. The smallest absolute Gasteiger partial charge is 0.258 e. The molecule has 0 heterocycles. The van der Waals surface area contributed by atoms with Gasteiger partial charge in [0.15, 0.2) is 6.10 Å². The van der Waals surface area contributed by atoms with Gasteiger partial charge in [-0.05, 0) is 56.5 Å². The molecule has 0 saturated carbocycles. The van der Waals surface area contributed by atoms with Crippen LogP contribution in [0.15, 0.2) is 21.1 Å². The highest BCUT2D eigenvalue weighted by atomic mass is 79.9. The predicted octanol–water partition coefficient (Wildman–Crippen LogP) is 1.96. The third-order valence-electron chi connectivity index (χ3n) is 1.94. The molecule has 0 saturated heterocycles. The number of halogens is 2. The van der Waals surface area contributed by atoms with Gasteiger partial charge in [-0.25, -0.2) is 0 Å². The lowest BCUT2D eigenvalue weighted by molar-refractivity contribution is -0.124. The van der Waals surface area contributed by atoms with Crippen molar-refractivity contribution >= 4 is 37.8 Å². The summed E-state index contributed by atoms with van der Waals surface area (Å²) in [4.78, 5) is 10.9. The number of primary amides is 1. The van der Waals surface area contributed by atoms with Gasteiger partial charge in [0, 0.05) is 0 Å². The second-order valence-electron chi connectivity index (χ2n) is 3.21. The van der Waals surface area contributed by atoms with E-state index in [0.29, 0.717) is 14.7 Å². The minimum absolute atomic E-state index is 0.0666. The lowest BCUT2D eigenvalue weighted by Crippen LogP contribution is -2.30. The first-order valence-electron chi connectivity index (χ1n) is 4.50. The van der Waals surface area contributed by atoms with Crippen LogP contribution in [0.5, 0.6) is 5.75 Å². The molecule has 16 heavy (non-hydrogen) atoms. The monoisotopic (exact) mass is 351 g/mol. The Balaban J connectivity index is 3.01. The molecule has 1 atom stereocenters. The van der Waals surface area contributed by atoms with Gasteiger partial charge in [-0.2, -0.15) is 0 Å². The van der Waals surface area contributed by atoms with Crippen LogP contribution in [0.3, 0.4) is 0 Å². The van der Waals surface area contributed by atoms with Gasteiger partial charge in [0.1, 0.15) is 5.75 Å². The Morgan fingerprint density at radius 2 is 2.00 bits per heavy atom. The van der Waals surface area contributed by atoms with Crippen molar-refractivity contribution in [1.29, 1.82) is 0 Å². The van der Waals surface area contributed by atoms with E-state index >= 15 is 0 Å². The second kappa shape index (κ2) is 5.65. The summed E-state index contributed by atoms with van der Waals surface area (Å²) in [7, 11) is 0. The number of aliphatic hydroxyl groups excluding tert-OH is 1. The maximum Gasteiger partial charge on any atom is 0.258 e. The molecule has 3 N–H and O–H groups in total. The van der Waals surface area contributed by atoms with E-state index in [1.807, 2.05) is 0 Å². The number of amides is 1. The fourth-order valence-electron chi connectivity index (χ4n) is 1.05. The Hall–Kier alpha value is -0.590. The van der Waals surface area contributed by atoms with Gasteiger partial charge in [-0.1, -0.05) is 0 Å². The van der Waals surface area contributed by atoms with Crippen molar-refractivity contribution in [2.45, 2.75) is 19.6 Å². The molecule has 0 aliphatic carbocycles. The normalized spacial score (nSPS) is 12.2. The van der Waals surface area contributed by atoms with Crippen molar-refractivity contribution in [3.63, 3.8) is 0 Å². The summed E-state index contributed by atoms with van der Waals surface area (Å²) in [5.74, 6) is -0.0477. The molecule has 0 bridgehead atoms. The number of hydrogen-bond acceptors (Lipinski definition) is 3. The van der Waals surface area contributed by atoms with Crippen LogP contribution in [-0.2, 0) is 11.4 Å². The highest BCUT2D eigenvalue weighted by Gasteiger charge is 2.15. The number of aliphatic hydroxyl groups is 1. The molecule has 1 amide bonds. The topological polar surface area (TPSA) is 72.6 Å². The summed E-state index contributed by atoms with van der Waals surface area (Å²) < 4.78 is 6.69. The zero-order chi connectivity index (χ0) is 12.3. The Kier molecular flexibility index (Phi) is 4.76. The molecule has 1 aromatic rings. The van der Waals surface area contributed by atoms with Crippen LogP contribution in [0, 0.1) is 0 Å². The average Bonchev–Trinajstić information content (AvgIpc) is 2.22. The zero-order valence-corrected chi connectivity index (χ0v) is 11.7. The van der Waals surface area contributed by atoms with Crippen molar-refractivity contribution in [2.24, 2.45) is 5.73 Å². The summed E-state index contributed by atoms with van der Waals surface area (Å²) in [6.07, 6.45) is -0.715. The second-order valence-corrected chi connectivity index (χ2v) is 4.92. The van der Waals surface area contributed by atoms with Gasteiger partial charge in [0.05, 0.1) is 15.6 Å². The molecule has 1 unspecified atom stereocenters. The predicted molar refractivity (Wildman–Crippen MR) is 67.0 cm³/mol. The lowest BCUT2D eigenvalue weighted by Gasteiger charge is -2.15. The Morgan fingerprint density at radius 3 is 2.38 bits per heavy atom. The van der Waals surface area contributed by atoms with Crippen LogP contribution >= 0.6 is 31.9 Å². The third-order valence-corrected chi connectivity index (χ3v) is 3.11. The van der Waals surface area contributed by atoms with Crippen LogP contribution in [0.1, 0.15) is 12.5 Å². The summed E-state index contributed by atoms with van der Waals surface area (Å²) in [5, 5.41) is 8.99. The Morgan fingerprint density at radius 1 is 1.50 bits per heavy atom. The highest BCUT2D eigenvalue weighted by molar-refractivity contribution is 9.11. The molecule has 4 nitrogen and oxygen atoms in total. The summed E-state index contributed by atoms with van der Waals surface area (Å²) in [6, 6.07) is 3.43. The molecular formula is C10H11Br2NO3. The molecule has 0 aliphatic heterocycles. The van der Waals surface area contributed by atoms with E-state index in [4.69, 9.17) is 15.6 Å². The fraction of sp³-hybridized carbons (Fsp3) is 0.300. The maximum absolute atomic E-state index is 10.9. The maximum atomic E-state index is 10.9. The summed E-state index contributed by atoms with van der Waals surface area (Å²) >= 11 is 6.60. The van der Waals surface area contributed by atoms with E-state index < -0.39 is 12.0 Å². The van der Waals surface area contributed by atoms with Crippen molar-refractivity contribution in [2.75, 3.05) is 0 Å². The van der Waals surface area contributed by atoms with Gasteiger partial charge in [0.25, 0.3) is 5.91 Å². The van der Waals surface area contributed by atoms with Crippen LogP contribution in [0.2, 0.25) is 0 Å². The molecule has 0 aliphatic rings. The molecular weight excluding hydrogens is 342 g/mol. The molecule has 0 spiro atoms. The van der Waals surface area contributed by atoms with Crippen molar-refractivity contribution in [3.05, 3.63) is 26.6 Å². The van der Waals surface area contributed by atoms with Gasteiger partial charge in [-0.3, -0.25) is 4.79 Å². The highest BCUT2D eigenvalue weighted by Crippen LogP contribution is 2.35. The first-order chi connectivity index (χ1) is 7.45. The Labute approximate surface area is 110 Å². The Bertz CT molecular complexity index is 386. The van der Waals surface area contributed by atoms with E-state index in [9.17, 15) is 4.79 Å². The SMILES string of the molecule is CC(Oc1c(Br)cc(CO)cc1Br)C(N)=O. The van der Waals surface area contributed by atoms with E-state index in [1.54, 1.807) is 19.1 Å². The van der Waals surface area contributed by atoms with E-state index in [2.05, 4.69) is 31.9 Å². The molecule has 0 aromatic heterocycles. The largest absolute Gasteiger partial charge is 0.479 e. The van der Waals surface area contributed by atoms with Crippen molar-refractivity contribution in [3.8, 4) is 5.75 Å². The minimum Gasteiger partial charge on any atom is -0.479 e. The van der Waals surface area contributed by atoms with E-state index in [0.717, 1.165) is 5.56 Å². The van der Waals surface area contributed by atoms with Gasteiger partial charge in [0.2, 0.25) is 0 Å². The van der Waals surface area contributed by atoms with Crippen LogP contribution in [0.25, 0.3) is 0 Å². The molecule has 88 valence electrons. The molecule has 6 heteroatoms. The zero-order valence-electron chi connectivity index (χ0n) is 8.54. The molecule has 0 radical (unpaired) electrons. The number of nitrogens with two attached hydrogens (primary N) is 1. The first-order valence-corrected chi connectivity index (χ1v) is 6.09. The van der Waals surface area contributed by atoms with Gasteiger partial charge in [-0.15, -0.1) is 0 Å². The number of rotatable bonds is 4. The van der Waals surface area contributed by atoms with Crippen LogP contribution < -0.4 is 10.5 Å². The number of carbonyl (C=O) groups excluding carboxylic acids is 1. The standard InChI is InChI=1S/C10H11Br2NO3/c1-5(10(13)15)16-9-7(11)2-6(4-14)3-8(9)12/h2-3,5,14H,4H2,1H3,(H2,13,15).